The van der Waals surface area contributed by atoms with Crippen LogP contribution in [0.2, 0.25) is 0 Å². The predicted octanol–water partition coefficient (Wildman–Crippen LogP) is 5.12. The SMILES string of the molecule is CC(CC(=O)Nc1cc(C(C)(C)C)on1)c1ccc(C(F)(F)F)cc1. The molecule has 1 amide bonds. The number of hydrogen-bond donors (Lipinski definition) is 1. The van der Waals surface area contributed by atoms with Crippen molar-refractivity contribution < 1.29 is 22.5 Å². The normalized spacial score (nSPS) is 13.6. The van der Waals surface area contributed by atoms with Crippen LogP contribution in [0.25, 0.3) is 0 Å². The largest absolute Gasteiger partial charge is 0.416 e. The summed E-state index contributed by atoms with van der Waals surface area (Å²) in [5.41, 5.74) is -0.257. The van der Waals surface area contributed by atoms with E-state index in [-0.39, 0.29) is 23.7 Å². The molecular formula is C18H21F3N2O2. The maximum atomic E-state index is 12.6. The molecule has 0 aliphatic rings. The number of halogens is 3. The van der Waals surface area contributed by atoms with Crippen LogP contribution in [-0.4, -0.2) is 11.1 Å². The van der Waals surface area contributed by atoms with Crippen molar-refractivity contribution in [3.8, 4) is 0 Å². The molecule has 0 radical (unpaired) electrons. The minimum absolute atomic E-state index is 0.128. The van der Waals surface area contributed by atoms with Crippen molar-refractivity contribution in [3.63, 3.8) is 0 Å². The van der Waals surface area contributed by atoms with Gasteiger partial charge in [0.2, 0.25) is 5.91 Å². The van der Waals surface area contributed by atoms with E-state index in [1.165, 1.54) is 12.1 Å². The molecule has 0 fully saturated rings. The average Bonchev–Trinajstić information content (AvgIpc) is 2.95. The van der Waals surface area contributed by atoms with Gasteiger partial charge in [-0.25, -0.2) is 0 Å². The van der Waals surface area contributed by atoms with Crippen LogP contribution in [0.4, 0.5) is 19.0 Å². The number of benzene rings is 1. The molecule has 0 spiro atoms. The fourth-order valence-electron chi connectivity index (χ4n) is 2.28. The first-order chi connectivity index (χ1) is 11.5. The van der Waals surface area contributed by atoms with Crippen molar-refractivity contribution in [2.45, 2.75) is 51.6 Å². The number of anilines is 1. The Kier molecular flexibility index (Phi) is 5.25. The molecule has 25 heavy (non-hydrogen) atoms. The van der Waals surface area contributed by atoms with E-state index >= 15 is 0 Å². The Morgan fingerprint density at radius 3 is 2.28 bits per heavy atom. The van der Waals surface area contributed by atoms with Gasteiger partial charge in [-0.15, -0.1) is 0 Å². The highest BCUT2D eigenvalue weighted by Gasteiger charge is 2.30. The molecule has 1 unspecified atom stereocenters. The first-order valence-electron chi connectivity index (χ1n) is 7.91. The van der Waals surface area contributed by atoms with E-state index < -0.39 is 11.7 Å². The highest BCUT2D eigenvalue weighted by atomic mass is 19.4. The summed E-state index contributed by atoms with van der Waals surface area (Å²) in [7, 11) is 0. The van der Waals surface area contributed by atoms with Crippen LogP contribution in [0.3, 0.4) is 0 Å². The summed E-state index contributed by atoms with van der Waals surface area (Å²) in [6.45, 7) is 7.68. The number of hydrogen-bond acceptors (Lipinski definition) is 3. The molecule has 7 heteroatoms. The molecule has 1 atom stereocenters. The average molecular weight is 354 g/mol. The van der Waals surface area contributed by atoms with Gasteiger partial charge in [0.25, 0.3) is 0 Å². The summed E-state index contributed by atoms with van der Waals surface area (Å²) >= 11 is 0. The number of aromatic nitrogens is 1. The third-order valence-corrected chi connectivity index (χ3v) is 3.82. The highest BCUT2D eigenvalue weighted by Crippen LogP contribution is 2.31. The van der Waals surface area contributed by atoms with Gasteiger partial charge in [-0.05, 0) is 23.6 Å². The van der Waals surface area contributed by atoms with E-state index in [9.17, 15) is 18.0 Å². The molecule has 136 valence electrons. The van der Waals surface area contributed by atoms with Gasteiger partial charge in [0.15, 0.2) is 5.82 Å². The van der Waals surface area contributed by atoms with E-state index in [2.05, 4.69) is 10.5 Å². The predicted molar refractivity (Wildman–Crippen MR) is 88.3 cm³/mol. The lowest BCUT2D eigenvalue weighted by molar-refractivity contribution is -0.137. The van der Waals surface area contributed by atoms with Crippen molar-refractivity contribution >= 4 is 11.7 Å². The Bertz CT molecular complexity index is 728. The van der Waals surface area contributed by atoms with Crippen molar-refractivity contribution in [1.29, 1.82) is 0 Å². The lowest BCUT2D eigenvalue weighted by Gasteiger charge is -2.13. The summed E-state index contributed by atoms with van der Waals surface area (Å²) in [6, 6.07) is 6.51. The Morgan fingerprint density at radius 1 is 1.20 bits per heavy atom. The molecule has 4 nitrogen and oxygen atoms in total. The Morgan fingerprint density at radius 2 is 1.80 bits per heavy atom. The van der Waals surface area contributed by atoms with Gasteiger partial charge in [0.1, 0.15) is 5.76 Å². The monoisotopic (exact) mass is 354 g/mol. The van der Waals surface area contributed by atoms with Crippen LogP contribution < -0.4 is 5.32 Å². The minimum Gasteiger partial charge on any atom is -0.359 e. The summed E-state index contributed by atoms with van der Waals surface area (Å²) in [5.74, 6) is 0.477. The molecule has 0 saturated carbocycles. The van der Waals surface area contributed by atoms with Gasteiger partial charge in [-0.3, -0.25) is 4.79 Å². The Labute approximate surface area is 144 Å². The Balaban J connectivity index is 1.97. The molecule has 1 aromatic carbocycles. The van der Waals surface area contributed by atoms with Crippen molar-refractivity contribution in [1.82, 2.24) is 5.16 Å². The molecule has 0 aliphatic carbocycles. The molecule has 1 heterocycles. The zero-order chi connectivity index (χ0) is 18.8. The van der Waals surface area contributed by atoms with E-state index in [1.807, 2.05) is 20.8 Å². The standard InChI is InChI=1S/C18H21F3N2O2/c1-11(12-5-7-13(8-6-12)18(19,20)21)9-16(24)22-15-10-14(25-23-15)17(2,3)4/h5-8,10-11H,9H2,1-4H3,(H,22,23,24). The maximum absolute atomic E-state index is 12.6. The first kappa shape index (κ1) is 19.0. The van der Waals surface area contributed by atoms with E-state index in [0.29, 0.717) is 17.1 Å². The van der Waals surface area contributed by atoms with Gasteiger partial charge >= 0.3 is 6.18 Å². The van der Waals surface area contributed by atoms with Gasteiger partial charge in [-0.1, -0.05) is 45.0 Å². The number of alkyl halides is 3. The number of carbonyl (C=O) groups excluding carboxylic acids is 1. The molecule has 2 rings (SSSR count). The number of rotatable bonds is 4. The Hall–Kier alpha value is -2.31. The van der Waals surface area contributed by atoms with Gasteiger partial charge in [0, 0.05) is 17.9 Å². The van der Waals surface area contributed by atoms with Crippen LogP contribution in [-0.2, 0) is 16.4 Å². The zero-order valence-corrected chi connectivity index (χ0v) is 14.6. The van der Waals surface area contributed by atoms with Crippen LogP contribution in [0.1, 0.15) is 56.9 Å². The van der Waals surface area contributed by atoms with Crippen LogP contribution >= 0.6 is 0 Å². The van der Waals surface area contributed by atoms with Crippen LogP contribution in [0.15, 0.2) is 34.9 Å². The third-order valence-electron chi connectivity index (χ3n) is 3.82. The minimum atomic E-state index is -4.36. The second-order valence-electron chi connectivity index (χ2n) is 7.10. The molecule has 2 aromatic rings. The first-order valence-corrected chi connectivity index (χ1v) is 7.91. The lowest BCUT2D eigenvalue weighted by Crippen LogP contribution is -2.15. The van der Waals surface area contributed by atoms with Crippen LogP contribution in [0.5, 0.6) is 0 Å². The third kappa shape index (κ3) is 5.08. The van der Waals surface area contributed by atoms with E-state index in [4.69, 9.17) is 4.52 Å². The number of amides is 1. The van der Waals surface area contributed by atoms with Crippen LogP contribution in [0, 0.1) is 0 Å². The highest BCUT2D eigenvalue weighted by molar-refractivity contribution is 5.90. The fraction of sp³-hybridized carbons (Fsp3) is 0.444. The van der Waals surface area contributed by atoms with Gasteiger partial charge in [0.05, 0.1) is 5.56 Å². The quantitative estimate of drug-likeness (QED) is 0.829. The molecule has 0 aliphatic heterocycles. The summed E-state index contributed by atoms with van der Waals surface area (Å²) in [5, 5.41) is 6.46. The number of nitrogens with one attached hydrogen (secondary N) is 1. The van der Waals surface area contributed by atoms with E-state index in [0.717, 1.165) is 12.1 Å². The fourth-order valence-corrected chi connectivity index (χ4v) is 2.28. The van der Waals surface area contributed by atoms with Crippen molar-refractivity contribution in [2.75, 3.05) is 5.32 Å². The summed E-state index contributed by atoms with van der Waals surface area (Å²) < 4.78 is 42.9. The van der Waals surface area contributed by atoms with E-state index in [1.54, 1.807) is 13.0 Å². The van der Waals surface area contributed by atoms with Gasteiger partial charge < -0.3 is 9.84 Å². The van der Waals surface area contributed by atoms with Crippen molar-refractivity contribution in [2.24, 2.45) is 0 Å². The zero-order valence-electron chi connectivity index (χ0n) is 14.6. The second-order valence-corrected chi connectivity index (χ2v) is 7.10. The second kappa shape index (κ2) is 6.90. The summed E-state index contributed by atoms with van der Waals surface area (Å²) in [6.07, 6.45) is -4.24. The maximum Gasteiger partial charge on any atom is 0.416 e. The molecular weight excluding hydrogens is 333 g/mol. The van der Waals surface area contributed by atoms with Gasteiger partial charge in [-0.2, -0.15) is 13.2 Å². The molecule has 0 bridgehead atoms. The summed E-state index contributed by atoms with van der Waals surface area (Å²) in [4.78, 5) is 12.1. The molecule has 0 saturated heterocycles. The lowest BCUT2D eigenvalue weighted by atomic mass is 9.93. The molecule has 1 aromatic heterocycles. The smallest absolute Gasteiger partial charge is 0.359 e. The number of carbonyl (C=O) groups is 1. The topological polar surface area (TPSA) is 55.1 Å². The van der Waals surface area contributed by atoms with Crippen molar-refractivity contribution in [3.05, 3.63) is 47.2 Å². The molecule has 1 N–H and O–H groups in total. The number of nitrogens with zero attached hydrogens (tertiary/aromatic N) is 1.